The van der Waals surface area contributed by atoms with E-state index >= 15 is 0 Å². The average Bonchev–Trinajstić information content (AvgIpc) is 3.27. The summed E-state index contributed by atoms with van der Waals surface area (Å²) in [6.45, 7) is 3.35. The van der Waals surface area contributed by atoms with Crippen LogP contribution in [0.5, 0.6) is 0 Å². The van der Waals surface area contributed by atoms with E-state index in [2.05, 4.69) is 148 Å². The third-order valence-corrected chi connectivity index (χ3v) is 9.72. The Balaban J connectivity index is 4.33. The molecular weight excluding hydrogens is 810 g/mol. The van der Waals surface area contributed by atoms with Gasteiger partial charge in [-0.15, -0.1) is 0 Å². The van der Waals surface area contributed by atoms with E-state index in [0.717, 1.165) is 103 Å². The molecule has 0 radical (unpaired) electrons. The molecule has 0 amide bonds. The molecule has 0 aliphatic heterocycles. The smallest absolute Gasteiger partial charge is 0.462 e. The van der Waals surface area contributed by atoms with E-state index in [9.17, 15) is 19.0 Å². The quantitative estimate of drug-likeness (QED) is 0.0266. The lowest BCUT2D eigenvalue weighted by Gasteiger charge is -2.19. The fraction of sp³-hybridized carbons (Fsp3) is 0.509. The van der Waals surface area contributed by atoms with Crippen molar-refractivity contribution in [2.24, 2.45) is 5.73 Å². The first kappa shape index (κ1) is 58.9. The Morgan fingerprint density at radius 1 is 0.476 bits per heavy atom. The molecule has 352 valence electrons. The molecule has 0 bridgehead atoms. The lowest BCUT2D eigenvalue weighted by molar-refractivity contribution is -0.161. The van der Waals surface area contributed by atoms with E-state index in [1.54, 1.807) is 0 Å². The number of carbonyl (C=O) groups is 2. The van der Waals surface area contributed by atoms with Crippen molar-refractivity contribution in [3.63, 3.8) is 0 Å². The maximum atomic E-state index is 12.6. The van der Waals surface area contributed by atoms with Crippen LogP contribution in [0.4, 0.5) is 0 Å². The third kappa shape index (κ3) is 47.2. The highest BCUT2D eigenvalue weighted by Crippen LogP contribution is 2.43. The molecule has 0 spiro atoms. The van der Waals surface area contributed by atoms with E-state index in [4.69, 9.17) is 24.3 Å². The minimum absolute atomic E-state index is 0.0299. The monoisotopic (exact) mass is 892 g/mol. The summed E-state index contributed by atoms with van der Waals surface area (Å²) in [5.74, 6) is -0.973. The second-order valence-electron chi connectivity index (χ2n) is 14.5. The molecule has 2 unspecified atom stereocenters. The number of esters is 2. The van der Waals surface area contributed by atoms with Gasteiger partial charge in [0.05, 0.1) is 13.2 Å². The van der Waals surface area contributed by atoms with Crippen molar-refractivity contribution in [2.75, 3.05) is 26.4 Å². The van der Waals surface area contributed by atoms with Gasteiger partial charge in [-0.25, -0.2) is 4.57 Å². The summed E-state index contributed by atoms with van der Waals surface area (Å²) >= 11 is 0. The minimum Gasteiger partial charge on any atom is -0.462 e. The predicted octanol–water partition coefficient (Wildman–Crippen LogP) is 14.0. The first-order valence-electron chi connectivity index (χ1n) is 23.3. The molecule has 0 aliphatic rings. The summed E-state index contributed by atoms with van der Waals surface area (Å²) in [7, 11) is -4.42. The molecule has 10 heteroatoms. The summed E-state index contributed by atoms with van der Waals surface area (Å²) in [4.78, 5) is 34.9. The molecule has 0 saturated carbocycles. The number of carbonyl (C=O) groups excluding carboxylic acids is 2. The number of phosphoric acid groups is 1. The molecule has 0 aromatic carbocycles. The van der Waals surface area contributed by atoms with Gasteiger partial charge in [0.1, 0.15) is 6.61 Å². The van der Waals surface area contributed by atoms with Gasteiger partial charge in [-0.05, 0) is 103 Å². The van der Waals surface area contributed by atoms with Crippen LogP contribution in [0, 0.1) is 0 Å². The van der Waals surface area contributed by atoms with Gasteiger partial charge in [0.15, 0.2) is 6.10 Å². The summed E-state index contributed by atoms with van der Waals surface area (Å²) in [6, 6.07) is 0. The highest BCUT2D eigenvalue weighted by molar-refractivity contribution is 7.47. The van der Waals surface area contributed by atoms with Crippen molar-refractivity contribution in [1.29, 1.82) is 0 Å². The van der Waals surface area contributed by atoms with Crippen LogP contribution in [0.15, 0.2) is 146 Å². The summed E-state index contributed by atoms with van der Waals surface area (Å²) in [5, 5.41) is 0. The van der Waals surface area contributed by atoms with E-state index in [0.29, 0.717) is 12.8 Å². The van der Waals surface area contributed by atoms with E-state index in [1.807, 2.05) is 12.2 Å². The SMILES string of the molecule is CC/C=C\C/C=C\C/C=C\C/C=C\C/C=C\C/C=C\CCCCCCC(=O)OC(COC(=O)CC/C=C\C/C=C\C/C=C\C/C=C\C/C=C\C/C=C\CC)COP(=O)(O)OCCN. The number of allylic oxidation sites excluding steroid dienone is 24. The van der Waals surface area contributed by atoms with Gasteiger partial charge >= 0.3 is 19.8 Å². The molecule has 0 rings (SSSR count). The molecule has 63 heavy (non-hydrogen) atoms. The lowest BCUT2D eigenvalue weighted by Crippen LogP contribution is -2.29. The maximum absolute atomic E-state index is 12.6. The van der Waals surface area contributed by atoms with Gasteiger partial charge in [0, 0.05) is 19.4 Å². The Bertz CT molecular complexity index is 1530. The van der Waals surface area contributed by atoms with E-state index < -0.39 is 32.5 Å². The third-order valence-electron chi connectivity index (χ3n) is 8.73. The number of rotatable bonds is 41. The Morgan fingerprint density at radius 3 is 1.27 bits per heavy atom. The van der Waals surface area contributed by atoms with Crippen molar-refractivity contribution in [2.45, 2.75) is 148 Å². The van der Waals surface area contributed by atoms with Crippen LogP contribution in [-0.4, -0.2) is 49.3 Å². The number of nitrogens with two attached hydrogens (primary N) is 1. The number of hydrogen-bond acceptors (Lipinski definition) is 8. The summed E-state index contributed by atoms with van der Waals surface area (Å²) in [5.41, 5.74) is 5.35. The number of phosphoric ester groups is 1. The van der Waals surface area contributed by atoms with Crippen LogP contribution < -0.4 is 5.73 Å². The molecule has 2 atom stereocenters. The van der Waals surface area contributed by atoms with Crippen molar-refractivity contribution >= 4 is 19.8 Å². The second-order valence-corrected chi connectivity index (χ2v) is 16.0. The maximum Gasteiger partial charge on any atom is 0.472 e. The zero-order valence-corrected chi connectivity index (χ0v) is 39.6. The predicted molar refractivity (Wildman–Crippen MR) is 265 cm³/mol. The Kier molecular flexibility index (Phi) is 44.3. The standard InChI is InChI=1S/C53H82NO8P/c1-3-5-7-9-11-13-15-17-19-21-23-24-25-26-28-30-32-34-36-38-40-42-44-46-53(56)62-51(50-61-63(57,58)60-48-47-54)49-59-52(55)45-43-41-39-37-35-33-31-29-27-22-20-18-16-14-12-10-8-6-4-2/h5-8,11-14,17-20,23-24,26-29,32-35,39,41,51H,3-4,9-10,15-16,21-22,25,30-31,36-38,40,42-50,54H2,1-2H3,(H,57,58)/b7-5-,8-6-,13-11-,14-12-,19-17-,20-18-,24-23-,28-26-,29-27-,34-32-,35-33-,41-39-. The molecule has 0 aromatic heterocycles. The number of ether oxygens (including phenoxy) is 2. The van der Waals surface area contributed by atoms with Crippen molar-refractivity contribution in [1.82, 2.24) is 0 Å². The molecule has 0 saturated heterocycles. The minimum atomic E-state index is -4.42. The zero-order chi connectivity index (χ0) is 46.0. The normalized spacial score (nSPS) is 14.5. The molecule has 0 aromatic rings. The van der Waals surface area contributed by atoms with Crippen molar-refractivity contribution in [3.8, 4) is 0 Å². The first-order valence-corrected chi connectivity index (χ1v) is 24.8. The van der Waals surface area contributed by atoms with Gasteiger partial charge in [-0.2, -0.15) is 0 Å². The van der Waals surface area contributed by atoms with Gasteiger partial charge in [-0.1, -0.05) is 173 Å². The number of unbranched alkanes of at least 4 members (excludes halogenated alkanes) is 4. The van der Waals surface area contributed by atoms with Crippen LogP contribution in [0.25, 0.3) is 0 Å². The molecule has 9 nitrogen and oxygen atoms in total. The largest absolute Gasteiger partial charge is 0.472 e. The van der Waals surface area contributed by atoms with Crippen LogP contribution in [0.1, 0.15) is 142 Å². The highest BCUT2D eigenvalue weighted by Gasteiger charge is 2.25. The Morgan fingerprint density at radius 2 is 0.857 bits per heavy atom. The van der Waals surface area contributed by atoms with Crippen LogP contribution in [-0.2, 0) is 32.7 Å². The average molecular weight is 892 g/mol. The first-order chi connectivity index (χ1) is 30.8. The zero-order valence-electron chi connectivity index (χ0n) is 38.7. The van der Waals surface area contributed by atoms with Gasteiger partial charge in [-0.3, -0.25) is 18.6 Å². The fourth-order valence-corrected chi connectivity index (χ4v) is 6.13. The number of hydrogen-bond donors (Lipinski definition) is 2. The van der Waals surface area contributed by atoms with Gasteiger partial charge in [0.2, 0.25) is 0 Å². The van der Waals surface area contributed by atoms with Crippen molar-refractivity contribution in [3.05, 3.63) is 146 Å². The van der Waals surface area contributed by atoms with Crippen LogP contribution in [0.3, 0.4) is 0 Å². The second kappa shape index (κ2) is 47.4. The van der Waals surface area contributed by atoms with Crippen LogP contribution >= 0.6 is 7.82 Å². The summed E-state index contributed by atoms with van der Waals surface area (Å²) in [6.07, 6.45) is 67.5. The summed E-state index contributed by atoms with van der Waals surface area (Å²) < 4.78 is 32.7. The molecule has 0 aliphatic carbocycles. The molecule has 0 heterocycles. The fourth-order valence-electron chi connectivity index (χ4n) is 5.37. The highest BCUT2D eigenvalue weighted by atomic mass is 31.2. The lowest BCUT2D eigenvalue weighted by atomic mass is 10.1. The Labute approximate surface area is 382 Å². The topological polar surface area (TPSA) is 134 Å². The van der Waals surface area contributed by atoms with Crippen LogP contribution in [0.2, 0.25) is 0 Å². The Hall–Kier alpha value is -4.11. The molecular formula is C53H82NO8P. The van der Waals surface area contributed by atoms with Gasteiger partial charge in [0.25, 0.3) is 0 Å². The molecule has 0 fully saturated rings. The van der Waals surface area contributed by atoms with E-state index in [1.165, 1.54) is 0 Å². The van der Waals surface area contributed by atoms with E-state index in [-0.39, 0.29) is 32.6 Å². The van der Waals surface area contributed by atoms with Crippen molar-refractivity contribution < 1.29 is 37.6 Å². The van der Waals surface area contributed by atoms with Gasteiger partial charge < -0.3 is 20.1 Å². The molecule has 3 N–H and O–H groups in total.